The van der Waals surface area contributed by atoms with Crippen LogP contribution in [0, 0.1) is 5.92 Å². The van der Waals surface area contributed by atoms with Gasteiger partial charge in [0.1, 0.15) is 0 Å². The van der Waals surface area contributed by atoms with Gasteiger partial charge >= 0.3 is 5.97 Å². The Morgan fingerprint density at radius 3 is 2.63 bits per heavy atom. The molecule has 106 valence electrons. The largest absolute Gasteiger partial charge is 0.481 e. The number of carboxylic acid groups (broad SMARTS) is 1. The Hall–Kier alpha value is -0.830. The third kappa shape index (κ3) is 6.76. The first kappa shape index (κ1) is 16.2. The van der Waals surface area contributed by atoms with Gasteiger partial charge in [-0.2, -0.15) is 0 Å². The normalized spacial score (nSPS) is 12.3. The lowest BCUT2D eigenvalue weighted by Crippen LogP contribution is -2.16. The standard InChI is InChI=1S/C16H23BrO2/c1-2-3-4-5-6-9-14(16(18)19)11-13-8-7-10-15(17)12-13/h7-8,10,12,14H,2-6,9,11H2,1H3,(H,18,19). The first-order valence-corrected chi connectivity index (χ1v) is 7.90. The molecule has 1 rings (SSSR count). The van der Waals surface area contributed by atoms with Gasteiger partial charge < -0.3 is 5.11 Å². The van der Waals surface area contributed by atoms with Crippen molar-refractivity contribution in [2.24, 2.45) is 5.92 Å². The van der Waals surface area contributed by atoms with Gasteiger partial charge in [-0.3, -0.25) is 4.79 Å². The van der Waals surface area contributed by atoms with Gasteiger partial charge in [0.05, 0.1) is 5.92 Å². The highest BCUT2D eigenvalue weighted by atomic mass is 79.9. The lowest BCUT2D eigenvalue weighted by molar-refractivity contribution is -0.142. The maximum Gasteiger partial charge on any atom is 0.306 e. The van der Waals surface area contributed by atoms with Crippen molar-refractivity contribution in [3.8, 4) is 0 Å². The zero-order valence-corrected chi connectivity index (χ0v) is 13.2. The third-order valence-electron chi connectivity index (χ3n) is 3.38. The van der Waals surface area contributed by atoms with E-state index in [0.717, 1.165) is 29.3 Å². The number of hydrogen-bond donors (Lipinski definition) is 1. The van der Waals surface area contributed by atoms with Crippen LogP contribution in [0.4, 0.5) is 0 Å². The van der Waals surface area contributed by atoms with Crippen molar-refractivity contribution >= 4 is 21.9 Å². The number of carbonyl (C=O) groups is 1. The van der Waals surface area contributed by atoms with Crippen LogP contribution in [0.2, 0.25) is 0 Å². The minimum Gasteiger partial charge on any atom is -0.481 e. The van der Waals surface area contributed by atoms with E-state index in [4.69, 9.17) is 0 Å². The van der Waals surface area contributed by atoms with E-state index in [1.165, 1.54) is 19.3 Å². The van der Waals surface area contributed by atoms with Crippen LogP contribution in [-0.4, -0.2) is 11.1 Å². The molecule has 1 aromatic rings. The molecule has 0 aliphatic heterocycles. The topological polar surface area (TPSA) is 37.3 Å². The summed E-state index contributed by atoms with van der Waals surface area (Å²) in [4.78, 5) is 11.3. The Morgan fingerprint density at radius 1 is 1.26 bits per heavy atom. The summed E-state index contributed by atoms with van der Waals surface area (Å²) in [7, 11) is 0. The maximum absolute atomic E-state index is 11.3. The van der Waals surface area contributed by atoms with Gasteiger partial charge in [-0.05, 0) is 30.5 Å². The van der Waals surface area contributed by atoms with Crippen molar-refractivity contribution in [3.05, 3.63) is 34.3 Å². The summed E-state index contributed by atoms with van der Waals surface area (Å²) in [5.74, 6) is -0.925. The van der Waals surface area contributed by atoms with Crippen LogP contribution >= 0.6 is 15.9 Å². The summed E-state index contributed by atoms with van der Waals surface area (Å²) < 4.78 is 1.01. The molecule has 1 aromatic carbocycles. The molecule has 2 nitrogen and oxygen atoms in total. The lowest BCUT2D eigenvalue weighted by Gasteiger charge is -2.12. The molecule has 0 amide bonds. The Kier molecular flexibility index (Phi) is 7.80. The van der Waals surface area contributed by atoms with E-state index in [1.807, 2.05) is 24.3 Å². The molecule has 3 heteroatoms. The molecular weight excluding hydrogens is 304 g/mol. The van der Waals surface area contributed by atoms with Crippen LogP contribution in [0.5, 0.6) is 0 Å². The van der Waals surface area contributed by atoms with Crippen LogP contribution in [0.25, 0.3) is 0 Å². The molecule has 1 atom stereocenters. The number of halogens is 1. The molecule has 0 heterocycles. The second-order valence-corrected chi connectivity index (χ2v) is 5.99. The van der Waals surface area contributed by atoms with Gasteiger partial charge in [0, 0.05) is 4.47 Å². The molecule has 0 bridgehead atoms. The Bertz CT molecular complexity index is 390. The van der Waals surface area contributed by atoms with E-state index in [2.05, 4.69) is 22.9 Å². The molecule has 19 heavy (non-hydrogen) atoms. The molecule has 1 unspecified atom stereocenters. The molecule has 0 aliphatic carbocycles. The number of aliphatic carboxylic acids is 1. The predicted octanol–water partition coefficient (Wildman–Crippen LogP) is 5.05. The van der Waals surface area contributed by atoms with Crippen LogP contribution in [0.15, 0.2) is 28.7 Å². The van der Waals surface area contributed by atoms with E-state index in [9.17, 15) is 9.90 Å². The molecule has 0 fully saturated rings. The first-order chi connectivity index (χ1) is 9.13. The number of benzene rings is 1. The molecular formula is C16H23BrO2. The smallest absolute Gasteiger partial charge is 0.306 e. The third-order valence-corrected chi connectivity index (χ3v) is 3.87. The second kappa shape index (κ2) is 9.13. The molecule has 1 N–H and O–H groups in total. The summed E-state index contributed by atoms with van der Waals surface area (Å²) in [6, 6.07) is 7.93. The van der Waals surface area contributed by atoms with Gasteiger partial charge in [0.15, 0.2) is 0 Å². The van der Waals surface area contributed by atoms with Crippen LogP contribution in [0.1, 0.15) is 51.0 Å². The molecule has 0 aromatic heterocycles. The van der Waals surface area contributed by atoms with E-state index in [-0.39, 0.29) is 5.92 Å². The lowest BCUT2D eigenvalue weighted by atomic mass is 9.93. The van der Waals surface area contributed by atoms with Gasteiger partial charge in [0.25, 0.3) is 0 Å². The Morgan fingerprint density at radius 2 is 2.00 bits per heavy atom. The van der Waals surface area contributed by atoms with Gasteiger partial charge in [-0.15, -0.1) is 0 Å². The summed E-state index contributed by atoms with van der Waals surface area (Å²) in [6.07, 6.45) is 7.28. The fraction of sp³-hybridized carbons (Fsp3) is 0.562. The average molecular weight is 327 g/mol. The molecule has 0 radical (unpaired) electrons. The predicted molar refractivity (Wildman–Crippen MR) is 82.3 cm³/mol. The Balaban J connectivity index is 2.42. The van der Waals surface area contributed by atoms with Crippen LogP contribution in [-0.2, 0) is 11.2 Å². The van der Waals surface area contributed by atoms with Crippen molar-refractivity contribution < 1.29 is 9.90 Å². The average Bonchev–Trinajstić information content (AvgIpc) is 2.37. The van der Waals surface area contributed by atoms with E-state index in [0.29, 0.717) is 6.42 Å². The fourth-order valence-electron chi connectivity index (χ4n) is 2.26. The van der Waals surface area contributed by atoms with Crippen molar-refractivity contribution in [2.45, 2.75) is 51.9 Å². The summed E-state index contributed by atoms with van der Waals surface area (Å²) in [5, 5.41) is 9.29. The van der Waals surface area contributed by atoms with Crippen molar-refractivity contribution in [3.63, 3.8) is 0 Å². The summed E-state index contributed by atoms with van der Waals surface area (Å²) >= 11 is 3.42. The van der Waals surface area contributed by atoms with Crippen LogP contribution < -0.4 is 0 Å². The highest BCUT2D eigenvalue weighted by Gasteiger charge is 2.17. The number of hydrogen-bond acceptors (Lipinski definition) is 1. The van der Waals surface area contributed by atoms with Gasteiger partial charge in [-0.1, -0.05) is 67.1 Å². The number of carboxylic acids is 1. The molecule has 0 spiro atoms. The highest BCUT2D eigenvalue weighted by molar-refractivity contribution is 9.10. The van der Waals surface area contributed by atoms with Crippen LogP contribution in [0.3, 0.4) is 0 Å². The summed E-state index contributed by atoms with van der Waals surface area (Å²) in [6.45, 7) is 2.19. The number of unbranched alkanes of at least 4 members (excludes halogenated alkanes) is 4. The van der Waals surface area contributed by atoms with E-state index >= 15 is 0 Å². The summed E-state index contributed by atoms with van der Waals surface area (Å²) in [5.41, 5.74) is 1.09. The zero-order chi connectivity index (χ0) is 14.1. The van der Waals surface area contributed by atoms with Gasteiger partial charge in [0.2, 0.25) is 0 Å². The fourth-order valence-corrected chi connectivity index (χ4v) is 2.70. The van der Waals surface area contributed by atoms with Gasteiger partial charge in [-0.25, -0.2) is 0 Å². The first-order valence-electron chi connectivity index (χ1n) is 7.10. The minimum atomic E-state index is -0.671. The molecule has 0 saturated carbocycles. The quantitative estimate of drug-likeness (QED) is 0.644. The van der Waals surface area contributed by atoms with E-state index < -0.39 is 5.97 Å². The zero-order valence-electron chi connectivity index (χ0n) is 11.6. The monoisotopic (exact) mass is 326 g/mol. The minimum absolute atomic E-state index is 0.254. The maximum atomic E-state index is 11.3. The Labute approximate surface area is 124 Å². The molecule has 0 saturated heterocycles. The van der Waals surface area contributed by atoms with Crippen molar-refractivity contribution in [1.29, 1.82) is 0 Å². The SMILES string of the molecule is CCCCCCCC(Cc1cccc(Br)c1)C(=O)O. The van der Waals surface area contributed by atoms with Crippen molar-refractivity contribution in [2.75, 3.05) is 0 Å². The van der Waals surface area contributed by atoms with E-state index in [1.54, 1.807) is 0 Å². The van der Waals surface area contributed by atoms with Crippen molar-refractivity contribution in [1.82, 2.24) is 0 Å². The number of rotatable bonds is 9. The second-order valence-electron chi connectivity index (χ2n) is 5.07. The molecule has 0 aliphatic rings. The highest BCUT2D eigenvalue weighted by Crippen LogP contribution is 2.19.